The van der Waals surface area contributed by atoms with Gasteiger partial charge in [0.2, 0.25) is 0 Å². The average Bonchev–Trinajstić information content (AvgIpc) is 2.94. The summed E-state index contributed by atoms with van der Waals surface area (Å²) in [6.07, 6.45) is 3.91. The Bertz CT molecular complexity index is 514. The first-order valence-electron chi connectivity index (χ1n) is 7.22. The van der Waals surface area contributed by atoms with E-state index in [1.807, 2.05) is 18.6 Å². The number of sulfonamides is 1. The molecule has 1 unspecified atom stereocenters. The molecule has 0 radical (unpaired) electrons. The van der Waals surface area contributed by atoms with Crippen molar-refractivity contribution >= 4 is 33.1 Å². The molecule has 1 rings (SSSR count). The molecule has 0 bridgehead atoms. The summed E-state index contributed by atoms with van der Waals surface area (Å²) in [7, 11) is -1.68. The first kappa shape index (κ1) is 19.0. The standard InChI is InChI=1S/C14H26N2O2S3/c1-5-7-15-9-12-8-14(20-10-12)21(17,18)16(3)13(6-2)11-19-4/h8,10,13,15H,5-7,9,11H2,1-4H3. The molecular weight excluding hydrogens is 324 g/mol. The molecule has 0 amide bonds. The van der Waals surface area contributed by atoms with Crippen LogP contribution in [-0.4, -0.2) is 44.4 Å². The van der Waals surface area contributed by atoms with E-state index < -0.39 is 10.0 Å². The number of hydrogen-bond donors (Lipinski definition) is 1. The van der Waals surface area contributed by atoms with E-state index in [0.29, 0.717) is 4.21 Å². The maximum absolute atomic E-state index is 12.7. The minimum Gasteiger partial charge on any atom is -0.313 e. The van der Waals surface area contributed by atoms with Gasteiger partial charge < -0.3 is 5.32 Å². The van der Waals surface area contributed by atoms with E-state index in [-0.39, 0.29) is 6.04 Å². The quantitative estimate of drug-likeness (QED) is 0.659. The van der Waals surface area contributed by atoms with Gasteiger partial charge in [0.1, 0.15) is 4.21 Å². The fourth-order valence-electron chi connectivity index (χ4n) is 2.00. The fraction of sp³-hybridized carbons (Fsp3) is 0.714. The van der Waals surface area contributed by atoms with Gasteiger partial charge in [-0.2, -0.15) is 16.1 Å². The third kappa shape index (κ3) is 5.25. The van der Waals surface area contributed by atoms with E-state index in [2.05, 4.69) is 12.2 Å². The molecule has 0 spiro atoms. The summed E-state index contributed by atoms with van der Waals surface area (Å²) < 4.78 is 27.3. The summed E-state index contributed by atoms with van der Waals surface area (Å²) >= 11 is 2.99. The lowest BCUT2D eigenvalue weighted by molar-refractivity contribution is 0.386. The molecule has 0 aliphatic carbocycles. The maximum atomic E-state index is 12.7. The summed E-state index contributed by atoms with van der Waals surface area (Å²) in [5.41, 5.74) is 1.04. The van der Waals surface area contributed by atoms with Crippen LogP contribution in [0.4, 0.5) is 0 Å². The molecule has 1 aromatic heterocycles. The normalized spacial score (nSPS) is 13.8. The number of nitrogens with one attached hydrogen (secondary N) is 1. The Morgan fingerprint density at radius 3 is 2.71 bits per heavy atom. The number of thiophene rings is 1. The molecule has 1 atom stereocenters. The lowest BCUT2D eigenvalue weighted by atomic mass is 10.3. The van der Waals surface area contributed by atoms with Gasteiger partial charge >= 0.3 is 0 Å². The molecule has 0 aliphatic heterocycles. The molecule has 4 nitrogen and oxygen atoms in total. The van der Waals surface area contributed by atoms with Crippen LogP contribution < -0.4 is 5.32 Å². The van der Waals surface area contributed by atoms with Gasteiger partial charge in [0, 0.05) is 25.4 Å². The number of rotatable bonds is 10. The van der Waals surface area contributed by atoms with Crippen molar-refractivity contribution in [2.75, 3.05) is 25.6 Å². The summed E-state index contributed by atoms with van der Waals surface area (Å²) in [6.45, 7) is 5.82. The zero-order valence-electron chi connectivity index (χ0n) is 13.3. The third-order valence-electron chi connectivity index (χ3n) is 3.36. The molecule has 1 aromatic rings. The van der Waals surface area contributed by atoms with Crippen LogP contribution in [0, 0.1) is 0 Å². The van der Waals surface area contributed by atoms with E-state index >= 15 is 0 Å². The van der Waals surface area contributed by atoms with Crippen molar-refractivity contribution in [3.63, 3.8) is 0 Å². The van der Waals surface area contributed by atoms with Crippen molar-refractivity contribution in [1.29, 1.82) is 0 Å². The van der Waals surface area contributed by atoms with Crippen LogP contribution in [0.3, 0.4) is 0 Å². The van der Waals surface area contributed by atoms with E-state index in [1.165, 1.54) is 15.6 Å². The van der Waals surface area contributed by atoms with Gasteiger partial charge in [-0.1, -0.05) is 13.8 Å². The third-order valence-corrected chi connectivity index (χ3v) is 7.46. The monoisotopic (exact) mass is 350 g/mol. The molecule has 1 N–H and O–H groups in total. The van der Waals surface area contributed by atoms with Gasteiger partial charge in [0.15, 0.2) is 0 Å². The summed E-state index contributed by atoms with van der Waals surface area (Å²) in [5.74, 6) is 0.822. The second kappa shape index (κ2) is 9.15. The van der Waals surface area contributed by atoms with Gasteiger partial charge in [-0.15, -0.1) is 11.3 Å². The molecule has 0 fully saturated rings. The van der Waals surface area contributed by atoms with Crippen molar-refractivity contribution in [2.24, 2.45) is 0 Å². The van der Waals surface area contributed by atoms with Gasteiger partial charge in [0.05, 0.1) is 0 Å². The van der Waals surface area contributed by atoms with Crippen LogP contribution in [-0.2, 0) is 16.6 Å². The van der Waals surface area contributed by atoms with Crippen LogP contribution in [0.5, 0.6) is 0 Å². The van der Waals surface area contributed by atoms with E-state index in [4.69, 9.17) is 0 Å². The predicted molar refractivity (Wildman–Crippen MR) is 93.7 cm³/mol. The highest BCUT2D eigenvalue weighted by Gasteiger charge is 2.28. The van der Waals surface area contributed by atoms with Crippen molar-refractivity contribution in [1.82, 2.24) is 9.62 Å². The van der Waals surface area contributed by atoms with Crippen LogP contribution in [0.1, 0.15) is 32.3 Å². The molecule has 0 aromatic carbocycles. The SMILES string of the molecule is CCCNCc1csc(S(=O)(=O)N(C)C(CC)CSC)c1. The average molecular weight is 351 g/mol. The van der Waals surface area contributed by atoms with Crippen LogP contribution in [0.2, 0.25) is 0 Å². The smallest absolute Gasteiger partial charge is 0.252 e. The van der Waals surface area contributed by atoms with E-state index in [1.54, 1.807) is 24.9 Å². The van der Waals surface area contributed by atoms with E-state index in [9.17, 15) is 8.42 Å². The fourth-order valence-corrected chi connectivity index (χ4v) is 5.76. The Balaban J connectivity index is 2.82. The second-order valence-corrected chi connectivity index (χ2v) is 9.04. The van der Waals surface area contributed by atoms with Crippen molar-refractivity contribution in [2.45, 2.75) is 43.5 Å². The largest absolute Gasteiger partial charge is 0.313 e. The summed E-state index contributed by atoms with van der Waals surface area (Å²) in [4.78, 5) is 0. The highest BCUT2D eigenvalue weighted by molar-refractivity contribution is 7.98. The molecule has 0 aliphatic rings. The minimum absolute atomic E-state index is 0.0498. The number of thioether (sulfide) groups is 1. The highest BCUT2D eigenvalue weighted by atomic mass is 32.2. The first-order valence-corrected chi connectivity index (χ1v) is 10.9. The molecule has 21 heavy (non-hydrogen) atoms. The van der Waals surface area contributed by atoms with Gasteiger partial charge in [0.25, 0.3) is 10.0 Å². The molecule has 7 heteroatoms. The zero-order valence-corrected chi connectivity index (χ0v) is 15.7. The van der Waals surface area contributed by atoms with E-state index in [0.717, 1.165) is 37.2 Å². The van der Waals surface area contributed by atoms with Gasteiger partial charge in [-0.05, 0) is 42.7 Å². The van der Waals surface area contributed by atoms with Crippen LogP contribution in [0.15, 0.2) is 15.7 Å². The topological polar surface area (TPSA) is 49.4 Å². The van der Waals surface area contributed by atoms with Crippen LogP contribution in [0.25, 0.3) is 0 Å². The minimum atomic E-state index is -3.37. The maximum Gasteiger partial charge on any atom is 0.252 e. The number of hydrogen-bond acceptors (Lipinski definition) is 5. The highest BCUT2D eigenvalue weighted by Crippen LogP contribution is 2.25. The molecular formula is C14H26N2O2S3. The second-order valence-electron chi connectivity index (χ2n) is 4.99. The van der Waals surface area contributed by atoms with Crippen molar-refractivity contribution in [3.8, 4) is 0 Å². The lowest BCUT2D eigenvalue weighted by Gasteiger charge is -2.25. The van der Waals surface area contributed by atoms with Gasteiger partial charge in [-0.3, -0.25) is 0 Å². The summed E-state index contributed by atoms with van der Waals surface area (Å²) in [5, 5.41) is 5.22. The summed E-state index contributed by atoms with van der Waals surface area (Å²) in [6, 6.07) is 1.85. The van der Waals surface area contributed by atoms with Crippen LogP contribution >= 0.6 is 23.1 Å². The molecule has 0 saturated carbocycles. The first-order chi connectivity index (χ1) is 9.97. The Morgan fingerprint density at radius 1 is 1.43 bits per heavy atom. The number of nitrogens with zero attached hydrogens (tertiary/aromatic N) is 1. The zero-order chi connectivity index (χ0) is 15.9. The van der Waals surface area contributed by atoms with Crippen molar-refractivity contribution < 1.29 is 8.42 Å². The van der Waals surface area contributed by atoms with Crippen molar-refractivity contribution in [3.05, 3.63) is 17.0 Å². The Kier molecular flexibility index (Phi) is 8.26. The molecule has 0 saturated heterocycles. The molecule has 1 heterocycles. The lowest BCUT2D eigenvalue weighted by Crippen LogP contribution is -2.37. The predicted octanol–water partition coefficient (Wildman–Crippen LogP) is 3.01. The Labute approximate surface area is 137 Å². The molecule has 122 valence electrons. The Hall–Kier alpha value is -0.0800. The van der Waals surface area contributed by atoms with Gasteiger partial charge in [-0.25, -0.2) is 8.42 Å². The Morgan fingerprint density at radius 2 is 2.14 bits per heavy atom.